The van der Waals surface area contributed by atoms with Crippen LogP contribution in [-0.4, -0.2) is 38.6 Å². The average Bonchev–Trinajstić information content (AvgIpc) is 3.00. The Morgan fingerprint density at radius 3 is 2.88 bits per heavy atom. The molecule has 0 radical (unpaired) electrons. The highest BCUT2D eigenvalue weighted by Crippen LogP contribution is 2.36. The fourth-order valence-electron chi connectivity index (χ4n) is 2.55. The maximum atomic E-state index is 5.95. The Kier molecular flexibility index (Phi) is 6.29. The number of hydrogen-bond acceptors (Lipinski definition) is 7. The molecule has 0 bridgehead atoms. The quantitative estimate of drug-likeness (QED) is 0.466. The van der Waals surface area contributed by atoms with Gasteiger partial charge in [0.25, 0.3) is 0 Å². The predicted molar refractivity (Wildman–Crippen MR) is 107 cm³/mol. The first-order chi connectivity index (χ1) is 12.6. The number of nitrogen functional groups attached to an aromatic ring is 1. The maximum Gasteiger partial charge on any atom is 0.223 e. The standard InChI is InChI=1S/C17H22N5O2PS/c1-3-23-12-6-4-5-7-13(12)26-16-14-15(20-17(18)21-16)22(9-19-14)8-11(2)24-10-25/h4-7,9,11H,3,8,10,25H2,1-2H3,(H2,18,20,21). The fourth-order valence-corrected chi connectivity index (χ4v) is 3.84. The van der Waals surface area contributed by atoms with Crippen molar-refractivity contribution in [1.29, 1.82) is 0 Å². The molecule has 7 nitrogen and oxygen atoms in total. The van der Waals surface area contributed by atoms with Gasteiger partial charge in [0.2, 0.25) is 5.95 Å². The van der Waals surface area contributed by atoms with Crippen LogP contribution in [0.5, 0.6) is 5.75 Å². The third-order valence-electron chi connectivity index (χ3n) is 3.64. The Balaban J connectivity index is 1.96. The van der Waals surface area contributed by atoms with Crippen molar-refractivity contribution in [2.75, 3.05) is 18.7 Å². The van der Waals surface area contributed by atoms with Crippen LogP contribution in [0.25, 0.3) is 11.2 Å². The van der Waals surface area contributed by atoms with Crippen LogP contribution in [0.1, 0.15) is 13.8 Å². The summed E-state index contributed by atoms with van der Waals surface area (Å²) in [5, 5.41) is 0.707. The van der Waals surface area contributed by atoms with E-state index in [1.54, 1.807) is 6.33 Å². The molecule has 0 saturated heterocycles. The van der Waals surface area contributed by atoms with Crippen molar-refractivity contribution in [1.82, 2.24) is 19.5 Å². The average molecular weight is 391 g/mol. The monoisotopic (exact) mass is 391 g/mol. The molecule has 0 aliphatic rings. The van der Waals surface area contributed by atoms with Crippen molar-refractivity contribution in [3.8, 4) is 5.75 Å². The third kappa shape index (κ3) is 4.26. The van der Waals surface area contributed by atoms with Crippen LogP contribution in [0, 0.1) is 0 Å². The lowest BCUT2D eigenvalue weighted by molar-refractivity contribution is 0.0912. The molecule has 9 heteroatoms. The molecule has 2 unspecified atom stereocenters. The van der Waals surface area contributed by atoms with Crippen LogP contribution >= 0.6 is 21.0 Å². The molecule has 26 heavy (non-hydrogen) atoms. The summed E-state index contributed by atoms with van der Waals surface area (Å²) in [4.78, 5) is 14.2. The number of nitrogens with two attached hydrogens (primary N) is 1. The first-order valence-corrected chi connectivity index (χ1v) is 9.95. The van der Waals surface area contributed by atoms with E-state index in [-0.39, 0.29) is 12.1 Å². The minimum atomic E-state index is 0.0378. The highest BCUT2D eigenvalue weighted by molar-refractivity contribution is 7.99. The van der Waals surface area contributed by atoms with E-state index in [0.29, 0.717) is 35.7 Å². The van der Waals surface area contributed by atoms with Crippen molar-refractivity contribution in [3.63, 3.8) is 0 Å². The summed E-state index contributed by atoms with van der Waals surface area (Å²) in [6.07, 6.45) is 2.37. The van der Waals surface area contributed by atoms with E-state index in [9.17, 15) is 0 Å². The molecule has 2 heterocycles. The first kappa shape index (κ1) is 18.9. The molecular formula is C17H22N5O2PS. The van der Waals surface area contributed by atoms with E-state index in [1.165, 1.54) is 11.8 Å². The molecule has 2 aromatic heterocycles. The number of hydrogen-bond donors (Lipinski definition) is 1. The van der Waals surface area contributed by atoms with E-state index >= 15 is 0 Å². The van der Waals surface area contributed by atoms with Crippen LogP contribution in [0.15, 0.2) is 40.5 Å². The smallest absolute Gasteiger partial charge is 0.223 e. The van der Waals surface area contributed by atoms with Gasteiger partial charge in [-0.25, -0.2) is 9.97 Å². The van der Waals surface area contributed by atoms with Gasteiger partial charge in [-0.2, -0.15) is 4.98 Å². The zero-order valence-corrected chi connectivity index (χ0v) is 16.7. The topological polar surface area (TPSA) is 88.1 Å². The van der Waals surface area contributed by atoms with Crippen molar-refractivity contribution in [2.24, 2.45) is 0 Å². The highest BCUT2D eigenvalue weighted by atomic mass is 32.2. The number of anilines is 1. The van der Waals surface area contributed by atoms with Crippen LogP contribution in [0.2, 0.25) is 0 Å². The summed E-state index contributed by atoms with van der Waals surface area (Å²) >= 11 is 1.47. The lowest BCUT2D eigenvalue weighted by atomic mass is 10.3. The summed E-state index contributed by atoms with van der Waals surface area (Å²) in [7, 11) is 2.56. The van der Waals surface area contributed by atoms with Crippen LogP contribution in [-0.2, 0) is 11.3 Å². The molecule has 0 fully saturated rings. The van der Waals surface area contributed by atoms with E-state index in [1.807, 2.05) is 42.7 Å². The molecule has 0 aliphatic carbocycles. The highest BCUT2D eigenvalue weighted by Gasteiger charge is 2.16. The number of ether oxygens (including phenoxy) is 2. The van der Waals surface area contributed by atoms with Gasteiger partial charge in [0.05, 0.1) is 36.8 Å². The van der Waals surface area contributed by atoms with Gasteiger partial charge in [0.1, 0.15) is 16.3 Å². The van der Waals surface area contributed by atoms with Crippen molar-refractivity contribution < 1.29 is 9.47 Å². The van der Waals surface area contributed by atoms with Crippen LogP contribution < -0.4 is 10.5 Å². The summed E-state index contributed by atoms with van der Waals surface area (Å²) < 4.78 is 13.2. The van der Waals surface area contributed by atoms with E-state index in [4.69, 9.17) is 15.2 Å². The van der Waals surface area contributed by atoms with Gasteiger partial charge in [-0.3, -0.25) is 0 Å². The normalized spacial score (nSPS) is 12.4. The van der Waals surface area contributed by atoms with Crippen LogP contribution in [0.4, 0.5) is 5.95 Å². The molecule has 2 atom stereocenters. The van der Waals surface area contributed by atoms with E-state index < -0.39 is 0 Å². The Labute approximate surface area is 158 Å². The zero-order chi connectivity index (χ0) is 18.5. The summed E-state index contributed by atoms with van der Waals surface area (Å²) in [6.45, 7) is 5.21. The van der Waals surface area contributed by atoms with E-state index in [0.717, 1.165) is 10.6 Å². The minimum Gasteiger partial charge on any atom is -0.493 e. The van der Waals surface area contributed by atoms with Gasteiger partial charge in [-0.05, 0) is 26.0 Å². The van der Waals surface area contributed by atoms with Crippen molar-refractivity contribution in [3.05, 3.63) is 30.6 Å². The molecule has 0 aliphatic heterocycles. The van der Waals surface area contributed by atoms with Crippen LogP contribution in [0.3, 0.4) is 0 Å². The predicted octanol–water partition coefficient (Wildman–Crippen LogP) is 3.20. The van der Waals surface area contributed by atoms with E-state index in [2.05, 4.69) is 24.2 Å². The van der Waals surface area contributed by atoms with Gasteiger partial charge in [-0.15, -0.1) is 9.24 Å². The lowest BCUT2D eigenvalue weighted by Gasteiger charge is -2.13. The number of imidazole rings is 1. The Morgan fingerprint density at radius 2 is 2.12 bits per heavy atom. The maximum absolute atomic E-state index is 5.95. The first-order valence-electron chi connectivity index (χ1n) is 8.32. The number of para-hydroxylation sites is 1. The Bertz CT molecular complexity index is 889. The number of nitrogens with zero attached hydrogens (tertiary/aromatic N) is 4. The van der Waals surface area contributed by atoms with Crippen molar-refractivity contribution in [2.45, 2.75) is 36.4 Å². The lowest BCUT2D eigenvalue weighted by Crippen LogP contribution is -2.15. The molecule has 138 valence electrons. The molecular weight excluding hydrogens is 369 g/mol. The summed E-state index contributed by atoms with van der Waals surface area (Å²) in [6, 6.07) is 7.84. The Hall–Kier alpha value is -1.89. The number of benzene rings is 1. The molecule has 3 rings (SSSR count). The second-order valence-corrected chi connectivity index (χ2v) is 6.95. The van der Waals surface area contributed by atoms with Gasteiger partial charge in [0.15, 0.2) is 5.65 Å². The number of fused-ring (bicyclic) bond motifs is 1. The summed E-state index contributed by atoms with van der Waals surface area (Å²) in [5.74, 6) is 1.03. The second kappa shape index (κ2) is 8.66. The molecule has 0 spiro atoms. The number of rotatable bonds is 8. The molecule has 0 saturated carbocycles. The fraction of sp³-hybridized carbons (Fsp3) is 0.353. The number of aromatic nitrogens is 4. The van der Waals surface area contributed by atoms with Gasteiger partial charge in [0, 0.05) is 0 Å². The molecule has 3 aromatic rings. The zero-order valence-electron chi connectivity index (χ0n) is 14.8. The largest absolute Gasteiger partial charge is 0.493 e. The van der Waals surface area contributed by atoms with Gasteiger partial charge < -0.3 is 19.8 Å². The molecule has 0 amide bonds. The molecule has 1 aromatic carbocycles. The van der Waals surface area contributed by atoms with Gasteiger partial charge >= 0.3 is 0 Å². The Morgan fingerprint density at radius 1 is 1.31 bits per heavy atom. The minimum absolute atomic E-state index is 0.0378. The SMILES string of the molecule is CCOc1ccccc1Sc1nc(N)nc2c1ncn2CC(C)OCP. The third-order valence-corrected chi connectivity index (χ3v) is 4.87. The van der Waals surface area contributed by atoms with Gasteiger partial charge in [-0.1, -0.05) is 23.9 Å². The molecule has 2 N–H and O–H groups in total. The van der Waals surface area contributed by atoms with Crippen molar-refractivity contribution >= 4 is 38.1 Å². The second-order valence-electron chi connectivity index (χ2n) is 5.58. The summed E-state index contributed by atoms with van der Waals surface area (Å²) in [5.41, 5.74) is 7.37.